The van der Waals surface area contributed by atoms with E-state index in [1.165, 1.54) is 5.56 Å². The number of rotatable bonds is 3. The fraction of sp³-hybridized carbons (Fsp3) is 0.286. The van der Waals surface area contributed by atoms with Gasteiger partial charge in [0.05, 0.1) is 0 Å². The van der Waals surface area contributed by atoms with Crippen LogP contribution in [0.25, 0.3) is 10.8 Å². The van der Waals surface area contributed by atoms with Gasteiger partial charge >= 0.3 is 0 Å². The van der Waals surface area contributed by atoms with Gasteiger partial charge in [-0.2, -0.15) is 0 Å². The molecule has 0 N–H and O–H groups in total. The third-order valence-corrected chi connectivity index (χ3v) is 4.96. The lowest BCUT2D eigenvalue weighted by atomic mass is 10.0. The van der Waals surface area contributed by atoms with Gasteiger partial charge in [-0.25, -0.2) is 0 Å². The fourth-order valence-corrected chi connectivity index (χ4v) is 3.74. The first kappa shape index (κ1) is 15.2. The van der Waals surface area contributed by atoms with E-state index in [-0.39, 0.29) is 11.6 Å². The minimum absolute atomic E-state index is 0.139. The Labute approximate surface area is 142 Å². The van der Waals surface area contributed by atoms with E-state index in [1.54, 1.807) is 0 Å². The van der Waals surface area contributed by atoms with Crippen molar-refractivity contribution < 1.29 is 0 Å². The van der Waals surface area contributed by atoms with E-state index in [4.69, 9.17) is 0 Å². The van der Waals surface area contributed by atoms with Crippen molar-refractivity contribution in [3.8, 4) is 0 Å². The molecule has 0 aliphatic carbocycles. The van der Waals surface area contributed by atoms with Crippen molar-refractivity contribution in [2.45, 2.75) is 25.4 Å². The Morgan fingerprint density at radius 2 is 1.75 bits per heavy atom. The molecule has 0 spiro atoms. The molecule has 1 aliphatic heterocycles. The third kappa shape index (κ3) is 3.00. The summed E-state index contributed by atoms with van der Waals surface area (Å²) in [5.74, 6) is 0. The summed E-state index contributed by atoms with van der Waals surface area (Å²) in [7, 11) is 0. The second-order valence-corrected chi connectivity index (χ2v) is 6.63. The number of likely N-dealkylation sites (tertiary alicyclic amines) is 1. The molecule has 3 heteroatoms. The SMILES string of the molecule is O=c1c2ccccc2ccn1C1CCCN(Cc2ccccc2)C1. The zero-order valence-electron chi connectivity index (χ0n) is 13.8. The van der Waals surface area contributed by atoms with Crippen LogP contribution in [0.1, 0.15) is 24.4 Å². The number of hydrogen-bond acceptors (Lipinski definition) is 2. The zero-order valence-corrected chi connectivity index (χ0v) is 13.8. The number of nitrogens with zero attached hydrogens (tertiary/aromatic N) is 2. The summed E-state index contributed by atoms with van der Waals surface area (Å²) in [5.41, 5.74) is 1.48. The lowest BCUT2D eigenvalue weighted by Crippen LogP contribution is -2.39. The molecule has 1 fully saturated rings. The molecule has 0 saturated carbocycles. The fourth-order valence-electron chi connectivity index (χ4n) is 3.74. The van der Waals surface area contributed by atoms with E-state index >= 15 is 0 Å². The van der Waals surface area contributed by atoms with Gasteiger partial charge in [0.1, 0.15) is 0 Å². The summed E-state index contributed by atoms with van der Waals surface area (Å²) in [6, 6.07) is 20.8. The predicted octanol–water partition coefficient (Wildman–Crippen LogP) is 3.84. The van der Waals surface area contributed by atoms with E-state index in [0.29, 0.717) is 0 Å². The van der Waals surface area contributed by atoms with Crippen LogP contribution in [0.5, 0.6) is 0 Å². The molecule has 0 bridgehead atoms. The van der Waals surface area contributed by atoms with E-state index in [0.717, 1.165) is 43.2 Å². The molecule has 0 radical (unpaired) electrons. The van der Waals surface area contributed by atoms with Crippen LogP contribution in [-0.2, 0) is 6.54 Å². The quantitative estimate of drug-likeness (QED) is 0.733. The largest absolute Gasteiger partial charge is 0.311 e. The van der Waals surface area contributed by atoms with E-state index in [1.807, 2.05) is 35.0 Å². The highest BCUT2D eigenvalue weighted by Gasteiger charge is 2.22. The van der Waals surface area contributed by atoms with Crippen molar-refractivity contribution in [1.82, 2.24) is 9.47 Å². The number of fused-ring (bicyclic) bond motifs is 1. The average Bonchev–Trinajstić information content (AvgIpc) is 2.63. The summed E-state index contributed by atoms with van der Waals surface area (Å²) in [6.07, 6.45) is 4.18. The summed E-state index contributed by atoms with van der Waals surface area (Å²) < 4.78 is 1.94. The molecule has 24 heavy (non-hydrogen) atoms. The molecule has 3 aromatic rings. The predicted molar refractivity (Wildman–Crippen MR) is 98.2 cm³/mol. The molecule has 2 heterocycles. The monoisotopic (exact) mass is 318 g/mol. The van der Waals surface area contributed by atoms with Crippen LogP contribution in [0.2, 0.25) is 0 Å². The Balaban J connectivity index is 1.58. The van der Waals surface area contributed by atoms with Gasteiger partial charge in [-0.15, -0.1) is 0 Å². The summed E-state index contributed by atoms with van der Waals surface area (Å²) in [4.78, 5) is 15.3. The van der Waals surface area contributed by atoms with Gasteiger partial charge in [-0.3, -0.25) is 9.69 Å². The molecule has 4 rings (SSSR count). The summed E-state index contributed by atoms with van der Waals surface area (Å²) >= 11 is 0. The highest BCUT2D eigenvalue weighted by atomic mass is 16.1. The lowest BCUT2D eigenvalue weighted by Gasteiger charge is -2.33. The minimum Gasteiger partial charge on any atom is -0.311 e. The zero-order chi connectivity index (χ0) is 16.4. The van der Waals surface area contributed by atoms with Gasteiger partial charge in [0.15, 0.2) is 0 Å². The maximum atomic E-state index is 12.8. The average molecular weight is 318 g/mol. The molecule has 2 aromatic carbocycles. The summed E-state index contributed by atoms with van der Waals surface area (Å²) in [6.45, 7) is 3.00. The number of hydrogen-bond donors (Lipinski definition) is 0. The van der Waals surface area contributed by atoms with Crippen LogP contribution in [0, 0.1) is 0 Å². The van der Waals surface area contributed by atoms with Gasteiger partial charge in [0.25, 0.3) is 5.56 Å². The summed E-state index contributed by atoms with van der Waals surface area (Å²) in [5, 5.41) is 1.84. The van der Waals surface area contributed by atoms with Gasteiger partial charge in [0, 0.05) is 30.7 Å². The highest BCUT2D eigenvalue weighted by Crippen LogP contribution is 2.22. The molecule has 0 amide bonds. The van der Waals surface area contributed by atoms with Crippen LogP contribution < -0.4 is 5.56 Å². The van der Waals surface area contributed by atoms with Gasteiger partial charge in [-0.1, -0.05) is 48.5 Å². The second-order valence-electron chi connectivity index (χ2n) is 6.63. The van der Waals surface area contributed by atoms with E-state index in [9.17, 15) is 4.79 Å². The second kappa shape index (κ2) is 6.62. The Bertz CT molecular complexity index is 885. The highest BCUT2D eigenvalue weighted by molar-refractivity contribution is 5.81. The van der Waals surface area contributed by atoms with Crippen molar-refractivity contribution in [1.29, 1.82) is 0 Å². The Morgan fingerprint density at radius 3 is 2.62 bits per heavy atom. The molecule has 1 saturated heterocycles. The van der Waals surface area contributed by atoms with Crippen LogP contribution in [0.4, 0.5) is 0 Å². The maximum Gasteiger partial charge on any atom is 0.258 e. The molecule has 122 valence electrons. The Hall–Kier alpha value is -2.39. The van der Waals surface area contributed by atoms with E-state index in [2.05, 4.69) is 41.3 Å². The van der Waals surface area contributed by atoms with Crippen LogP contribution in [-0.4, -0.2) is 22.6 Å². The first-order valence-electron chi connectivity index (χ1n) is 8.67. The van der Waals surface area contributed by atoms with E-state index < -0.39 is 0 Å². The maximum absolute atomic E-state index is 12.8. The molecule has 1 aliphatic rings. The number of piperidine rings is 1. The van der Waals surface area contributed by atoms with Gasteiger partial charge in [0.2, 0.25) is 0 Å². The Morgan fingerprint density at radius 1 is 0.958 bits per heavy atom. The molecule has 1 aromatic heterocycles. The van der Waals surface area contributed by atoms with Crippen molar-refractivity contribution in [2.75, 3.05) is 13.1 Å². The smallest absolute Gasteiger partial charge is 0.258 e. The molecular formula is C21H22N2O. The van der Waals surface area contributed by atoms with Gasteiger partial charge in [-0.05, 0) is 42.5 Å². The molecule has 1 unspecified atom stereocenters. The van der Waals surface area contributed by atoms with Gasteiger partial charge < -0.3 is 4.57 Å². The van der Waals surface area contributed by atoms with Crippen LogP contribution in [0.15, 0.2) is 71.7 Å². The molecular weight excluding hydrogens is 296 g/mol. The van der Waals surface area contributed by atoms with Crippen molar-refractivity contribution in [3.05, 3.63) is 82.8 Å². The Kier molecular flexibility index (Phi) is 4.18. The van der Waals surface area contributed by atoms with Crippen molar-refractivity contribution in [2.24, 2.45) is 0 Å². The van der Waals surface area contributed by atoms with Crippen molar-refractivity contribution >= 4 is 10.8 Å². The normalized spacial score (nSPS) is 18.8. The number of pyridine rings is 1. The standard InChI is InChI=1S/C21H22N2O/c24-21-20-11-5-4-9-18(20)12-14-23(21)19-10-6-13-22(16-19)15-17-7-2-1-3-8-17/h1-5,7-9,11-12,14,19H,6,10,13,15-16H2. The first-order valence-corrected chi connectivity index (χ1v) is 8.67. The minimum atomic E-state index is 0.139. The van der Waals surface area contributed by atoms with Crippen LogP contribution in [0.3, 0.4) is 0 Å². The third-order valence-electron chi connectivity index (χ3n) is 4.96. The molecule has 3 nitrogen and oxygen atoms in total. The molecule has 1 atom stereocenters. The first-order chi connectivity index (χ1) is 11.8. The van der Waals surface area contributed by atoms with Crippen molar-refractivity contribution in [3.63, 3.8) is 0 Å². The van der Waals surface area contributed by atoms with Crippen LogP contribution >= 0.6 is 0 Å². The lowest BCUT2D eigenvalue weighted by molar-refractivity contribution is 0.168. The topological polar surface area (TPSA) is 25.2 Å². The number of aromatic nitrogens is 1. The number of benzene rings is 2.